The van der Waals surface area contributed by atoms with Crippen LogP contribution in [0.1, 0.15) is 16.8 Å². The smallest absolute Gasteiger partial charge is 0.145 e. The van der Waals surface area contributed by atoms with Crippen molar-refractivity contribution in [1.29, 1.82) is 0 Å². The van der Waals surface area contributed by atoms with Crippen LogP contribution in [0, 0.1) is 0 Å². The van der Waals surface area contributed by atoms with Gasteiger partial charge < -0.3 is 11.5 Å². The lowest BCUT2D eigenvalue weighted by Gasteiger charge is -2.02. The fraction of sp³-hybridized carbons (Fsp3) is 0.250. The van der Waals surface area contributed by atoms with Crippen molar-refractivity contribution in [2.75, 3.05) is 5.73 Å². The van der Waals surface area contributed by atoms with E-state index in [1.807, 2.05) is 18.2 Å². The third-order valence-electron chi connectivity index (χ3n) is 2.56. The van der Waals surface area contributed by atoms with Crippen LogP contribution in [-0.4, -0.2) is 10.2 Å². The second-order valence-electron chi connectivity index (χ2n) is 3.84. The second kappa shape index (κ2) is 4.81. The highest BCUT2D eigenvalue weighted by molar-refractivity contribution is 5.29. The molecule has 5 N–H and O–H groups in total. The first-order valence-electron chi connectivity index (χ1n) is 5.35. The standard InChI is InChI=1S/C12H16N4/c13-8-10-3-1-2-9(6-10)4-5-11-7-12(14)16-15-11/h1-3,6-7H,4-5,8,13H2,(H3,14,15,16). The molecule has 2 aromatic rings. The van der Waals surface area contributed by atoms with Crippen LogP contribution in [-0.2, 0) is 19.4 Å². The molecule has 16 heavy (non-hydrogen) atoms. The summed E-state index contributed by atoms with van der Waals surface area (Å²) >= 11 is 0. The highest BCUT2D eigenvalue weighted by Gasteiger charge is 1.99. The van der Waals surface area contributed by atoms with Gasteiger partial charge in [0.2, 0.25) is 0 Å². The van der Waals surface area contributed by atoms with Gasteiger partial charge in [0.05, 0.1) is 0 Å². The van der Waals surface area contributed by atoms with Gasteiger partial charge in [-0.25, -0.2) is 0 Å². The first kappa shape index (κ1) is 10.7. The fourth-order valence-electron chi connectivity index (χ4n) is 1.70. The molecule has 0 saturated heterocycles. The summed E-state index contributed by atoms with van der Waals surface area (Å²) in [6.45, 7) is 0.588. The highest BCUT2D eigenvalue weighted by Crippen LogP contribution is 2.09. The Labute approximate surface area is 94.7 Å². The van der Waals surface area contributed by atoms with Gasteiger partial charge in [-0.2, -0.15) is 5.10 Å². The summed E-state index contributed by atoms with van der Waals surface area (Å²) in [5, 5.41) is 6.80. The Hall–Kier alpha value is -1.81. The number of nitrogens with one attached hydrogen (secondary N) is 1. The molecule has 4 nitrogen and oxygen atoms in total. The SMILES string of the molecule is NCc1cccc(CCc2cc(N)n[nH]2)c1. The Bertz CT molecular complexity index is 462. The molecule has 0 saturated carbocycles. The number of H-pyrrole nitrogens is 1. The predicted molar refractivity (Wildman–Crippen MR) is 64.7 cm³/mol. The van der Waals surface area contributed by atoms with E-state index in [-0.39, 0.29) is 0 Å². The van der Waals surface area contributed by atoms with Crippen molar-refractivity contribution < 1.29 is 0 Å². The van der Waals surface area contributed by atoms with Gasteiger partial charge in [-0.3, -0.25) is 5.10 Å². The van der Waals surface area contributed by atoms with Crippen molar-refractivity contribution in [3.05, 3.63) is 47.2 Å². The molecule has 0 spiro atoms. The summed E-state index contributed by atoms with van der Waals surface area (Å²) in [6, 6.07) is 10.2. The number of nitrogens with zero attached hydrogens (tertiary/aromatic N) is 1. The van der Waals surface area contributed by atoms with Gasteiger partial charge in [0.1, 0.15) is 5.82 Å². The molecule has 1 aromatic heterocycles. The van der Waals surface area contributed by atoms with Crippen LogP contribution in [0.3, 0.4) is 0 Å². The van der Waals surface area contributed by atoms with Crippen LogP contribution in [0.4, 0.5) is 5.82 Å². The minimum absolute atomic E-state index is 0.547. The van der Waals surface area contributed by atoms with Gasteiger partial charge in [-0.15, -0.1) is 0 Å². The van der Waals surface area contributed by atoms with Gasteiger partial charge in [0, 0.05) is 18.3 Å². The van der Waals surface area contributed by atoms with E-state index in [1.54, 1.807) is 0 Å². The van der Waals surface area contributed by atoms with E-state index in [0.717, 1.165) is 18.5 Å². The molecule has 1 heterocycles. The molecule has 0 aliphatic heterocycles. The van der Waals surface area contributed by atoms with Crippen molar-refractivity contribution in [3.63, 3.8) is 0 Å². The van der Waals surface area contributed by atoms with E-state index < -0.39 is 0 Å². The molecule has 1 aromatic carbocycles. The number of hydrogen-bond acceptors (Lipinski definition) is 3. The largest absolute Gasteiger partial charge is 0.382 e. The number of nitrogen functional groups attached to an aromatic ring is 1. The molecule has 0 bridgehead atoms. The summed E-state index contributed by atoms with van der Waals surface area (Å²) in [5.41, 5.74) is 14.7. The van der Waals surface area contributed by atoms with Crippen LogP contribution < -0.4 is 11.5 Å². The number of rotatable bonds is 4. The van der Waals surface area contributed by atoms with Gasteiger partial charge in [0.15, 0.2) is 0 Å². The summed E-state index contributed by atoms with van der Waals surface area (Å²) in [7, 11) is 0. The normalized spacial score (nSPS) is 10.6. The summed E-state index contributed by atoms with van der Waals surface area (Å²) in [5.74, 6) is 0.547. The molecule has 0 unspecified atom stereocenters. The molecule has 0 radical (unpaired) electrons. The van der Waals surface area contributed by atoms with E-state index >= 15 is 0 Å². The van der Waals surface area contributed by atoms with Gasteiger partial charge in [-0.05, 0) is 24.0 Å². The maximum Gasteiger partial charge on any atom is 0.145 e. The van der Waals surface area contributed by atoms with Crippen molar-refractivity contribution in [1.82, 2.24) is 10.2 Å². The zero-order valence-electron chi connectivity index (χ0n) is 9.11. The van der Waals surface area contributed by atoms with Crippen molar-refractivity contribution in [3.8, 4) is 0 Å². The third-order valence-corrected chi connectivity index (χ3v) is 2.56. The number of nitrogens with two attached hydrogens (primary N) is 2. The lowest BCUT2D eigenvalue weighted by molar-refractivity contribution is 0.890. The zero-order chi connectivity index (χ0) is 11.4. The highest BCUT2D eigenvalue weighted by atomic mass is 15.1. The Morgan fingerprint density at radius 1 is 1.12 bits per heavy atom. The van der Waals surface area contributed by atoms with Crippen molar-refractivity contribution >= 4 is 5.82 Å². The zero-order valence-corrected chi connectivity index (χ0v) is 9.11. The van der Waals surface area contributed by atoms with Crippen LogP contribution in [0.5, 0.6) is 0 Å². The molecule has 0 aliphatic rings. The molecule has 84 valence electrons. The maximum absolute atomic E-state index is 5.60. The molecule has 0 atom stereocenters. The van der Waals surface area contributed by atoms with Crippen LogP contribution >= 0.6 is 0 Å². The Balaban J connectivity index is 1.99. The number of aryl methyl sites for hydroxylation is 2. The lowest BCUT2D eigenvalue weighted by atomic mass is 10.1. The minimum Gasteiger partial charge on any atom is -0.382 e. The Kier molecular flexibility index (Phi) is 3.22. The lowest BCUT2D eigenvalue weighted by Crippen LogP contribution is -1.98. The van der Waals surface area contributed by atoms with E-state index in [4.69, 9.17) is 11.5 Å². The maximum atomic E-state index is 5.60. The average molecular weight is 216 g/mol. The van der Waals surface area contributed by atoms with E-state index in [1.165, 1.54) is 11.1 Å². The molecule has 0 fully saturated rings. The minimum atomic E-state index is 0.547. The summed E-state index contributed by atoms with van der Waals surface area (Å²) < 4.78 is 0. The molecular formula is C12H16N4. The number of aromatic nitrogens is 2. The van der Waals surface area contributed by atoms with Gasteiger partial charge in [-0.1, -0.05) is 24.3 Å². The topological polar surface area (TPSA) is 80.7 Å². The molecule has 0 amide bonds. The first-order valence-corrected chi connectivity index (χ1v) is 5.35. The van der Waals surface area contributed by atoms with Crippen LogP contribution in [0.25, 0.3) is 0 Å². The van der Waals surface area contributed by atoms with Gasteiger partial charge in [0.25, 0.3) is 0 Å². The fourth-order valence-corrected chi connectivity index (χ4v) is 1.70. The van der Waals surface area contributed by atoms with Crippen LogP contribution in [0.2, 0.25) is 0 Å². The Morgan fingerprint density at radius 2 is 1.94 bits per heavy atom. The number of hydrogen-bond donors (Lipinski definition) is 3. The Morgan fingerprint density at radius 3 is 2.62 bits per heavy atom. The van der Waals surface area contributed by atoms with Gasteiger partial charge >= 0.3 is 0 Å². The summed E-state index contributed by atoms with van der Waals surface area (Å²) in [4.78, 5) is 0. The molecule has 0 aliphatic carbocycles. The predicted octanol–water partition coefficient (Wildman–Crippen LogP) is 1.24. The summed E-state index contributed by atoms with van der Waals surface area (Å²) in [6.07, 6.45) is 1.88. The molecule has 2 rings (SSSR count). The molecule has 4 heteroatoms. The first-order chi connectivity index (χ1) is 7.78. The third kappa shape index (κ3) is 2.61. The quantitative estimate of drug-likeness (QED) is 0.719. The monoisotopic (exact) mass is 216 g/mol. The molecular weight excluding hydrogens is 200 g/mol. The second-order valence-corrected chi connectivity index (χ2v) is 3.84. The van der Waals surface area contributed by atoms with E-state index in [0.29, 0.717) is 12.4 Å². The van der Waals surface area contributed by atoms with Crippen molar-refractivity contribution in [2.45, 2.75) is 19.4 Å². The average Bonchev–Trinajstić information content (AvgIpc) is 2.73. The van der Waals surface area contributed by atoms with Crippen LogP contribution in [0.15, 0.2) is 30.3 Å². The van der Waals surface area contributed by atoms with E-state index in [2.05, 4.69) is 22.3 Å². The number of aromatic amines is 1. The van der Waals surface area contributed by atoms with Crippen molar-refractivity contribution in [2.24, 2.45) is 5.73 Å². The number of benzene rings is 1. The number of anilines is 1. The van der Waals surface area contributed by atoms with E-state index in [9.17, 15) is 0 Å².